The molecule has 8 nitrogen and oxygen atoms in total. The average Bonchev–Trinajstić information content (AvgIpc) is 3.69. The third-order valence-corrected chi connectivity index (χ3v) is 7.87. The predicted molar refractivity (Wildman–Crippen MR) is 158 cm³/mol. The monoisotopic (exact) mass is 760 g/mol. The molecule has 0 aliphatic carbocycles. The van der Waals surface area contributed by atoms with Gasteiger partial charge in [-0.15, -0.1) is 0 Å². The Bertz CT molecular complexity index is 2660. The van der Waals surface area contributed by atoms with E-state index in [1.165, 1.54) is 24.3 Å². The molecular weight excluding hydrogens is 752 g/mol. The standard InChI is InChI=1S/C34H8F12N6O2/c35-31(36,37)15-1-3-17(21(5-15)33(41,42)43)25-19-7-24-28(54-30(52-24)14(11-49)12-50)26(18-4-2-16(32(38,39)40)6-22(18)34(44,45)46)20(19)8-23-27(25)53-29(51-23)13(9-47)10-48/h1-8H. The van der Waals surface area contributed by atoms with E-state index in [-0.39, 0.29) is 24.3 Å². The molecule has 270 valence electrons. The second-order valence-corrected chi connectivity index (χ2v) is 11.0. The van der Waals surface area contributed by atoms with Crippen LogP contribution in [-0.2, 0) is 24.7 Å². The molecule has 0 N–H and O–H groups in total. The first-order valence-corrected chi connectivity index (χ1v) is 14.3. The molecule has 0 saturated heterocycles. The molecule has 0 saturated carbocycles. The van der Waals surface area contributed by atoms with E-state index in [1.54, 1.807) is 0 Å². The maximum atomic E-state index is 14.6. The zero-order chi connectivity index (χ0) is 39.7. The van der Waals surface area contributed by atoms with E-state index in [4.69, 9.17) is 8.83 Å². The Morgan fingerprint density at radius 3 is 1.09 bits per heavy atom. The molecule has 2 aromatic heterocycles. The van der Waals surface area contributed by atoms with Crippen molar-refractivity contribution in [3.63, 3.8) is 0 Å². The second-order valence-electron chi connectivity index (χ2n) is 11.0. The van der Waals surface area contributed by atoms with Gasteiger partial charge in [-0.25, -0.2) is 9.97 Å². The van der Waals surface area contributed by atoms with E-state index in [0.717, 1.165) is 12.1 Å². The lowest BCUT2D eigenvalue weighted by molar-refractivity contribution is -0.144. The number of halogens is 12. The van der Waals surface area contributed by atoms with E-state index in [0.29, 0.717) is 12.1 Å². The van der Waals surface area contributed by atoms with Gasteiger partial charge in [0.25, 0.3) is 0 Å². The molecule has 0 unspecified atom stereocenters. The summed E-state index contributed by atoms with van der Waals surface area (Å²) in [6.07, 6.45) is -21.8. The number of nitriles is 4. The highest BCUT2D eigenvalue weighted by atomic mass is 19.4. The molecule has 54 heavy (non-hydrogen) atoms. The van der Waals surface area contributed by atoms with Gasteiger partial charge in [-0.1, -0.05) is 12.1 Å². The lowest BCUT2D eigenvalue weighted by Crippen LogP contribution is -2.12. The molecule has 0 bridgehead atoms. The first kappa shape index (κ1) is 36.7. The maximum Gasteiger partial charge on any atom is 0.417 e. The molecule has 0 radical (unpaired) electrons. The fourth-order valence-corrected chi connectivity index (χ4v) is 5.64. The van der Waals surface area contributed by atoms with E-state index in [2.05, 4.69) is 9.97 Å². The van der Waals surface area contributed by atoms with Crippen LogP contribution in [0.1, 0.15) is 22.3 Å². The summed E-state index contributed by atoms with van der Waals surface area (Å²) < 4.78 is 181. The van der Waals surface area contributed by atoms with Crippen LogP contribution in [0.15, 0.2) is 57.4 Å². The van der Waals surface area contributed by atoms with Gasteiger partial charge in [0, 0.05) is 11.1 Å². The Hall–Kier alpha value is -7.06. The van der Waals surface area contributed by atoms with Crippen LogP contribution < -0.4 is 11.1 Å². The SMILES string of the molecule is N#CC(C#N)=c1nc2cc3c(-c4ccc(C(F)(F)F)cc4C(F)(F)F)c4oc(=C(C#N)C#N)nc4cc3c(-c3ccc(C(F)(F)F)cc3C(F)(F)F)c2o1. The summed E-state index contributed by atoms with van der Waals surface area (Å²) in [4.78, 5) is 7.83. The van der Waals surface area contributed by atoms with Crippen LogP contribution in [0.3, 0.4) is 0 Å². The zero-order valence-electron chi connectivity index (χ0n) is 25.7. The number of rotatable bonds is 2. The lowest BCUT2D eigenvalue weighted by Gasteiger charge is -2.20. The van der Waals surface area contributed by atoms with Crippen molar-refractivity contribution in [1.29, 1.82) is 21.0 Å². The van der Waals surface area contributed by atoms with Crippen molar-refractivity contribution in [1.82, 2.24) is 9.97 Å². The van der Waals surface area contributed by atoms with Crippen LogP contribution >= 0.6 is 0 Å². The first-order chi connectivity index (χ1) is 25.1. The fourth-order valence-electron chi connectivity index (χ4n) is 5.64. The van der Waals surface area contributed by atoms with Crippen LogP contribution in [0.25, 0.3) is 66.4 Å². The molecule has 0 atom stereocenters. The van der Waals surface area contributed by atoms with E-state index in [9.17, 15) is 73.7 Å². The average molecular weight is 760 g/mol. The van der Waals surface area contributed by atoms with E-state index >= 15 is 0 Å². The molecule has 6 aromatic rings. The smallest absolute Gasteiger partial charge is 0.417 e. The molecule has 6 rings (SSSR count). The van der Waals surface area contributed by atoms with Crippen molar-refractivity contribution >= 4 is 44.1 Å². The largest absolute Gasteiger partial charge is 0.434 e. The van der Waals surface area contributed by atoms with Gasteiger partial charge in [-0.3, -0.25) is 0 Å². The minimum atomic E-state index is -5.57. The summed E-state index contributed by atoms with van der Waals surface area (Å²) >= 11 is 0. The van der Waals surface area contributed by atoms with Crippen LogP contribution in [-0.4, -0.2) is 9.97 Å². The Morgan fingerprint density at radius 2 is 0.815 bits per heavy atom. The molecule has 2 heterocycles. The van der Waals surface area contributed by atoms with Crippen molar-refractivity contribution in [2.24, 2.45) is 0 Å². The summed E-state index contributed by atoms with van der Waals surface area (Å²) in [6.45, 7) is 0. The number of hydrogen-bond donors (Lipinski definition) is 0. The molecule has 20 heteroatoms. The number of benzene rings is 4. The quantitative estimate of drug-likeness (QED) is 0.159. The fraction of sp³-hybridized carbons (Fsp3) is 0.118. The Morgan fingerprint density at radius 1 is 0.481 bits per heavy atom. The first-order valence-electron chi connectivity index (χ1n) is 14.3. The molecule has 0 aliphatic rings. The van der Waals surface area contributed by atoms with Crippen molar-refractivity contribution < 1.29 is 61.5 Å². The van der Waals surface area contributed by atoms with E-state index < -0.39 is 124 Å². The zero-order valence-corrected chi connectivity index (χ0v) is 25.7. The summed E-state index contributed by atoms with van der Waals surface area (Å²) in [5.74, 6) is 0. The molecule has 4 aromatic carbocycles. The molecule has 0 amide bonds. The van der Waals surface area contributed by atoms with Gasteiger partial charge >= 0.3 is 24.7 Å². The molecular formula is C34H8F12N6O2. The normalized spacial score (nSPS) is 12.4. The third-order valence-electron chi connectivity index (χ3n) is 7.87. The van der Waals surface area contributed by atoms with Crippen LogP contribution in [0.5, 0.6) is 0 Å². The van der Waals surface area contributed by atoms with Gasteiger partial charge in [0.05, 0.1) is 22.3 Å². The van der Waals surface area contributed by atoms with Crippen LogP contribution in [0.2, 0.25) is 0 Å². The van der Waals surface area contributed by atoms with Gasteiger partial charge < -0.3 is 8.83 Å². The lowest BCUT2D eigenvalue weighted by atomic mass is 9.87. The highest BCUT2D eigenvalue weighted by molar-refractivity contribution is 6.19. The minimum absolute atomic E-state index is 0.251. The number of hydrogen-bond acceptors (Lipinski definition) is 8. The predicted octanol–water partition coefficient (Wildman–Crippen LogP) is 8.93. The van der Waals surface area contributed by atoms with Crippen molar-refractivity contribution in [2.45, 2.75) is 24.7 Å². The van der Waals surface area contributed by atoms with Gasteiger partial charge in [-0.05, 0) is 58.3 Å². The highest BCUT2D eigenvalue weighted by Gasteiger charge is 2.41. The summed E-state index contributed by atoms with van der Waals surface area (Å²) in [5, 5.41) is 36.4. The van der Waals surface area contributed by atoms with Crippen molar-refractivity contribution in [3.05, 3.63) is 81.9 Å². The summed E-state index contributed by atoms with van der Waals surface area (Å²) in [5.41, 5.74) is -17.3. The number of alkyl halides is 12. The third kappa shape index (κ3) is 6.13. The van der Waals surface area contributed by atoms with Gasteiger partial charge in [0.1, 0.15) is 35.3 Å². The van der Waals surface area contributed by atoms with Gasteiger partial charge in [-0.2, -0.15) is 73.7 Å². The maximum absolute atomic E-state index is 14.6. The Kier molecular flexibility index (Phi) is 8.35. The number of nitrogens with zero attached hydrogens (tertiary/aromatic N) is 6. The topological polar surface area (TPSA) is 147 Å². The van der Waals surface area contributed by atoms with Crippen LogP contribution in [0.4, 0.5) is 52.7 Å². The van der Waals surface area contributed by atoms with Crippen molar-refractivity contribution in [3.8, 4) is 46.5 Å². The minimum Gasteiger partial charge on any atom is -0.434 e. The summed E-state index contributed by atoms with van der Waals surface area (Å²) in [7, 11) is 0. The number of fused-ring (bicyclic) bond motifs is 3. The van der Waals surface area contributed by atoms with Crippen molar-refractivity contribution in [2.75, 3.05) is 0 Å². The Balaban J connectivity index is 1.96. The van der Waals surface area contributed by atoms with Crippen LogP contribution in [0, 0.1) is 45.3 Å². The number of aromatic nitrogens is 2. The summed E-state index contributed by atoms with van der Waals surface area (Å²) in [6, 6.07) is 8.11. The highest BCUT2D eigenvalue weighted by Crippen LogP contribution is 2.50. The number of oxazole rings is 2. The molecule has 0 aliphatic heterocycles. The van der Waals surface area contributed by atoms with E-state index in [1.807, 2.05) is 0 Å². The molecule has 0 spiro atoms. The Labute approximate surface area is 289 Å². The van der Waals surface area contributed by atoms with Gasteiger partial charge in [0.2, 0.25) is 11.1 Å². The van der Waals surface area contributed by atoms with Gasteiger partial charge in [0.15, 0.2) is 22.3 Å². The molecule has 0 fully saturated rings. The second kappa shape index (κ2) is 12.3.